The van der Waals surface area contributed by atoms with Gasteiger partial charge in [-0.25, -0.2) is 9.97 Å². The van der Waals surface area contributed by atoms with Crippen molar-refractivity contribution in [2.75, 3.05) is 0 Å². The summed E-state index contributed by atoms with van der Waals surface area (Å²) in [5, 5.41) is 0. The number of nitrogens with zero attached hydrogens (tertiary/aromatic N) is 2. The van der Waals surface area contributed by atoms with E-state index in [0.717, 1.165) is 22.2 Å². The van der Waals surface area contributed by atoms with Gasteiger partial charge in [-0.15, -0.1) is 0 Å². The summed E-state index contributed by atoms with van der Waals surface area (Å²) >= 11 is 0. The van der Waals surface area contributed by atoms with E-state index in [2.05, 4.69) is 9.97 Å². The molecule has 4 rings (SSSR count). The first-order valence-electron chi connectivity index (χ1n) is 7.37. The number of aromatic nitrogens is 2. The van der Waals surface area contributed by atoms with Crippen molar-refractivity contribution < 1.29 is 46.6 Å². The Balaban J connectivity index is 0.000000251. The monoisotopic (exact) mass is 336 g/mol. The molecule has 0 unspecified atom stereocenters. The number of aryl methyl sites for hydroxylation is 2. The second kappa shape index (κ2) is 9.71. The van der Waals surface area contributed by atoms with E-state index < -0.39 is 0 Å². The van der Waals surface area contributed by atoms with Gasteiger partial charge >= 0.3 is 0 Å². The van der Waals surface area contributed by atoms with E-state index in [1.807, 2.05) is 76.2 Å². The van der Waals surface area contributed by atoms with Crippen LogP contribution >= 0.6 is 0 Å². The molecule has 0 N–H and O–H groups in total. The Bertz CT molecular complexity index is 709. The molecule has 4 aromatic rings. The first-order chi connectivity index (χ1) is 10.7. The predicted molar refractivity (Wildman–Crippen MR) is 88.8 cm³/mol. The maximum atomic E-state index is 5.39. The molecule has 0 spiro atoms. The maximum absolute atomic E-state index is 5.39. The molecule has 0 aliphatic heterocycles. The van der Waals surface area contributed by atoms with Crippen LogP contribution in [0.4, 0.5) is 0 Å². The molecule has 0 amide bonds. The zero-order valence-corrected chi connectivity index (χ0v) is 14.4. The Hall–Kier alpha value is -1.36. The van der Waals surface area contributed by atoms with E-state index in [0.29, 0.717) is 11.8 Å². The summed E-state index contributed by atoms with van der Waals surface area (Å²) in [6.07, 6.45) is 0. The number of rotatable bonds is 0. The van der Waals surface area contributed by atoms with Gasteiger partial charge in [-0.3, -0.25) is 0 Å². The van der Waals surface area contributed by atoms with Gasteiger partial charge in [0, 0.05) is 57.7 Å². The molecule has 4 nitrogen and oxygen atoms in total. The van der Waals surface area contributed by atoms with Crippen LogP contribution in [0.2, 0.25) is 0 Å². The average molecular weight is 336 g/mol. The van der Waals surface area contributed by atoms with E-state index in [1.54, 1.807) is 0 Å². The Morgan fingerprint density at radius 2 is 1.00 bits per heavy atom. The fourth-order valence-corrected chi connectivity index (χ4v) is 1.97. The number of hydrogen-bond acceptors (Lipinski definition) is 4. The van der Waals surface area contributed by atoms with Crippen LogP contribution in [0.3, 0.4) is 0 Å². The van der Waals surface area contributed by atoms with Crippen molar-refractivity contribution in [3.05, 3.63) is 60.3 Å². The summed E-state index contributed by atoms with van der Waals surface area (Å²) in [5.41, 5.74) is 3.13. The second-order valence-electron chi connectivity index (χ2n) is 4.41. The molecule has 0 bridgehead atoms. The summed E-state index contributed by atoms with van der Waals surface area (Å²) in [6.45, 7) is 7.64. The van der Waals surface area contributed by atoms with Crippen molar-refractivity contribution >= 4 is 22.2 Å². The Kier molecular flexibility index (Phi) is 8.31. The SMILES string of the molecule is CC.Cc1nc2cc3nc(C)oc3cc2o1.[Ar].c1ccccc1. The molecule has 0 saturated heterocycles. The van der Waals surface area contributed by atoms with Crippen molar-refractivity contribution in [2.24, 2.45) is 0 Å². The predicted octanol–water partition coefficient (Wildman–Crippen LogP) is 5.30. The topological polar surface area (TPSA) is 52.1 Å². The Labute approximate surface area is 165 Å². The molecule has 0 atom stereocenters. The standard InChI is InChI=1S/C10H8N2O2.C6H6.C2H6.Ar/c1-5-11-7-3-8-10(4-9(7)13-5)14-6(2)12-8;1-2-4-6-5-3-1;1-2;/h3-4H,1-2H3;1-6H;1-2H3;. The Morgan fingerprint density at radius 1 is 0.652 bits per heavy atom. The molecule has 2 heterocycles. The largest absolute Gasteiger partial charge is 0.441 e. The van der Waals surface area contributed by atoms with Gasteiger partial charge in [-0.2, -0.15) is 0 Å². The van der Waals surface area contributed by atoms with E-state index in [-0.39, 0.29) is 37.7 Å². The fourth-order valence-electron chi connectivity index (χ4n) is 1.97. The van der Waals surface area contributed by atoms with Crippen LogP contribution in [0.25, 0.3) is 22.2 Å². The summed E-state index contributed by atoms with van der Waals surface area (Å²) in [6, 6.07) is 15.7. The van der Waals surface area contributed by atoms with E-state index in [4.69, 9.17) is 8.83 Å². The van der Waals surface area contributed by atoms with Gasteiger partial charge in [0.2, 0.25) is 0 Å². The minimum atomic E-state index is 0. The molecule has 0 fully saturated rings. The van der Waals surface area contributed by atoms with Gasteiger partial charge in [-0.05, 0) is 6.07 Å². The zero-order chi connectivity index (χ0) is 15.9. The molecule has 5 heteroatoms. The number of benzene rings is 2. The molecule has 0 saturated carbocycles. The minimum Gasteiger partial charge on any atom is -0.441 e. The van der Waals surface area contributed by atoms with Crippen molar-refractivity contribution in [1.29, 1.82) is 0 Å². The molecule has 2 aromatic carbocycles. The second-order valence-corrected chi connectivity index (χ2v) is 4.41. The molecule has 0 aliphatic carbocycles. The smallest absolute Gasteiger partial charge is 0.192 e. The molecule has 0 radical (unpaired) electrons. The van der Waals surface area contributed by atoms with Crippen LogP contribution in [0.15, 0.2) is 57.4 Å². The van der Waals surface area contributed by atoms with Crippen LogP contribution in [-0.2, 0) is 0 Å². The first kappa shape index (κ1) is 19.7. The number of fused-ring (bicyclic) bond motifs is 2. The molecule has 23 heavy (non-hydrogen) atoms. The average Bonchev–Trinajstić information content (AvgIpc) is 3.08. The third-order valence-electron chi connectivity index (χ3n) is 2.78. The summed E-state index contributed by atoms with van der Waals surface area (Å²) in [7, 11) is 0. The van der Waals surface area contributed by atoms with Crippen LogP contribution < -0.4 is 0 Å². The van der Waals surface area contributed by atoms with Crippen LogP contribution in [0, 0.1) is 51.6 Å². The van der Waals surface area contributed by atoms with Crippen molar-refractivity contribution in [3.8, 4) is 0 Å². The summed E-state index contributed by atoms with van der Waals surface area (Å²) in [4.78, 5) is 8.45. The molecular formula is C18H20ArN2O2. The van der Waals surface area contributed by atoms with E-state index in [9.17, 15) is 0 Å². The fraction of sp³-hybridized carbons (Fsp3) is 0.222. The van der Waals surface area contributed by atoms with Gasteiger partial charge < -0.3 is 8.83 Å². The van der Waals surface area contributed by atoms with Crippen LogP contribution in [-0.4, -0.2) is 9.97 Å². The Morgan fingerprint density at radius 3 is 1.35 bits per heavy atom. The van der Waals surface area contributed by atoms with Gasteiger partial charge in [0.25, 0.3) is 0 Å². The first-order valence-corrected chi connectivity index (χ1v) is 7.37. The van der Waals surface area contributed by atoms with E-state index >= 15 is 0 Å². The normalized spacial score (nSPS) is 9.39. The maximum Gasteiger partial charge on any atom is 0.192 e. The van der Waals surface area contributed by atoms with Crippen LogP contribution in [0.5, 0.6) is 0 Å². The summed E-state index contributed by atoms with van der Waals surface area (Å²) < 4.78 is 10.8. The van der Waals surface area contributed by atoms with E-state index in [1.165, 1.54) is 0 Å². The molecule has 122 valence electrons. The van der Waals surface area contributed by atoms with Crippen molar-refractivity contribution in [3.63, 3.8) is 0 Å². The molecule has 2 aromatic heterocycles. The molecular weight excluding hydrogens is 316 g/mol. The quantitative estimate of drug-likeness (QED) is 0.437. The number of hydrogen-bond donors (Lipinski definition) is 0. The van der Waals surface area contributed by atoms with Gasteiger partial charge in [0.15, 0.2) is 22.9 Å². The summed E-state index contributed by atoms with van der Waals surface area (Å²) in [5.74, 6) is 1.31. The third kappa shape index (κ3) is 5.34. The van der Waals surface area contributed by atoms with Gasteiger partial charge in [-0.1, -0.05) is 50.2 Å². The van der Waals surface area contributed by atoms with Crippen LogP contribution in [0.1, 0.15) is 25.6 Å². The zero-order valence-electron chi connectivity index (χ0n) is 13.7. The number of oxazole rings is 2. The van der Waals surface area contributed by atoms with Gasteiger partial charge in [0.1, 0.15) is 11.0 Å². The molecule has 0 aliphatic rings. The van der Waals surface area contributed by atoms with Crippen molar-refractivity contribution in [2.45, 2.75) is 27.7 Å². The third-order valence-corrected chi connectivity index (χ3v) is 2.78. The minimum absolute atomic E-state index is 0. The van der Waals surface area contributed by atoms with Gasteiger partial charge in [0.05, 0.1) is 0 Å². The van der Waals surface area contributed by atoms with Crippen molar-refractivity contribution in [1.82, 2.24) is 9.97 Å².